The Labute approximate surface area is 167 Å². The van der Waals surface area contributed by atoms with Crippen molar-refractivity contribution in [2.45, 2.75) is 82.8 Å². The Balaban J connectivity index is 1.70. The fraction of sp³-hybridized carbons (Fsp3) is 0.591. The molecule has 1 aromatic rings. The maximum atomic E-state index is 13.0. The van der Waals surface area contributed by atoms with E-state index in [1.54, 1.807) is 6.92 Å². The van der Waals surface area contributed by atoms with Gasteiger partial charge >= 0.3 is 6.03 Å². The summed E-state index contributed by atoms with van der Waals surface area (Å²) in [4.78, 5) is 39.5. The molecule has 6 heteroatoms. The number of hydrogen-bond acceptors (Lipinski definition) is 3. The van der Waals surface area contributed by atoms with Crippen LogP contribution in [0.3, 0.4) is 0 Å². The number of benzene rings is 1. The number of unbranched alkanes of at least 4 members (excludes halogenated alkanes) is 2. The molecule has 2 aliphatic rings. The SMILES string of the molecule is CCCCCC(NC(=O)C(C)N1C(=O)NC2(CCCC2)C1=O)c1ccccc1. The summed E-state index contributed by atoms with van der Waals surface area (Å²) in [5.41, 5.74) is 0.259. The van der Waals surface area contributed by atoms with Crippen LogP contribution in [-0.2, 0) is 9.59 Å². The van der Waals surface area contributed by atoms with Crippen LogP contribution in [-0.4, -0.2) is 34.3 Å². The van der Waals surface area contributed by atoms with Crippen LogP contribution in [0, 0.1) is 0 Å². The molecular weight excluding hydrogens is 354 g/mol. The number of hydrogen-bond donors (Lipinski definition) is 2. The largest absolute Gasteiger partial charge is 0.348 e. The summed E-state index contributed by atoms with van der Waals surface area (Å²) in [6, 6.07) is 8.47. The molecule has 1 saturated carbocycles. The zero-order valence-corrected chi connectivity index (χ0v) is 16.9. The summed E-state index contributed by atoms with van der Waals surface area (Å²) in [6.07, 6.45) is 7.22. The molecule has 28 heavy (non-hydrogen) atoms. The third-order valence-electron chi connectivity index (χ3n) is 6.03. The average Bonchev–Trinajstić information content (AvgIpc) is 3.26. The zero-order chi connectivity index (χ0) is 20.1. The minimum absolute atomic E-state index is 0.121. The van der Waals surface area contributed by atoms with Crippen LogP contribution < -0.4 is 10.6 Å². The molecule has 1 aliphatic heterocycles. The Hall–Kier alpha value is -2.37. The van der Waals surface area contributed by atoms with Gasteiger partial charge in [0.2, 0.25) is 5.91 Å². The number of imide groups is 1. The first-order valence-electron chi connectivity index (χ1n) is 10.5. The van der Waals surface area contributed by atoms with E-state index >= 15 is 0 Å². The molecule has 0 radical (unpaired) electrons. The van der Waals surface area contributed by atoms with Crippen molar-refractivity contribution in [2.24, 2.45) is 0 Å². The highest BCUT2D eigenvalue weighted by molar-refractivity contribution is 6.10. The quantitative estimate of drug-likeness (QED) is 0.529. The van der Waals surface area contributed by atoms with Gasteiger partial charge in [-0.2, -0.15) is 0 Å². The molecule has 152 valence electrons. The minimum Gasteiger partial charge on any atom is -0.348 e. The van der Waals surface area contributed by atoms with E-state index in [2.05, 4.69) is 17.6 Å². The molecule has 0 bridgehead atoms. The van der Waals surface area contributed by atoms with Gasteiger partial charge in [-0.1, -0.05) is 69.4 Å². The van der Waals surface area contributed by atoms with Gasteiger partial charge in [-0.05, 0) is 31.7 Å². The summed E-state index contributed by atoms with van der Waals surface area (Å²) in [6.45, 7) is 3.78. The fourth-order valence-corrected chi connectivity index (χ4v) is 4.33. The third-order valence-corrected chi connectivity index (χ3v) is 6.03. The number of nitrogens with one attached hydrogen (secondary N) is 2. The normalized spacial score (nSPS) is 20.3. The first-order valence-corrected chi connectivity index (χ1v) is 10.5. The van der Waals surface area contributed by atoms with Gasteiger partial charge in [-0.25, -0.2) is 9.69 Å². The van der Waals surface area contributed by atoms with Crippen LogP contribution >= 0.6 is 0 Å². The first-order chi connectivity index (χ1) is 13.5. The molecule has 1 heterocycles. The lowest BCUT2D eigenvalue weighted by molar-refractivity contribution is -0.138. The number of amides is 4. The molecule has 2 unspecified atom stereocenters. The number of urea groups is 1. The van der Waals surface area contributed by atoms with Crippen molar-refractivity contribution < 1.29 is 14.4 Å². The van der Waals surface area contributed by atoms with Crippen molar-refractivity contribution in [1.29, 1.82) is 0 Å². The smallest absolute Gasteiger partial charge is 0.325 e. The predicted octanol–water partition coefficient (Wildman–Crippen LogP) is 3.68. The van der Waals surface area contributed by atoms with Crippen molar-refractivity contribution in [3.05, 3.63) is 35.9 Å². The first kappa shape index (κ1) is 20.4. The van der Waals surface area contributed by atoms with E-state index in [-0.39, 0.29) is 17.9 Å². The van der Waals surface area contributed by atoms with E-state index in [1.807, 2.05) is 30.3 Å². The van der Waals surface area contributed by atoms with E-state index in [0.717, 1.165) is 49.0 Å². The lowest BCUT2D eigenvalue weighted by Crippen LogP contribution is -2.50. The van der Waals surface area contributed by atoms with Crippen LogP contribution in [0.15, 0.2) is 30.3 Å². The van der Waals surface area contributed by atoms with Crippen LogP contribution in [0.25, 0.3) is 0 Å². The molecule has 1 spiro atoms. The van der Waals surface area contributed by atoms with E-state index in [1.165, 1.54) is 0 Å². The van der Waals surface area contributed by atoms with Crippen molar-refractivity contribution in [1.82, 2.24) is 15.5 Å². The molecule has 2 atom stereocenters. The van der Waals surface area contributed by atoms with Crippen molar-refractivity contribution in [3.63, 3.8) is 0 Å². The highest BCUT2D eigenvalue weighted by Gasteiger charge is 2.54. The molecule has 6 nitrogen and oxygen atoms in total. The molecule has 3 rings (SSSR count). The molecule has 1 aromatic carbocycles. The highest BCUT2D eigenvalue weighted by atomic mass is 16.2. The number of nitrogens with zero attached hydrogens (tertiary/aromatic N) is 1. The van der Waals surface area contributed by atoms with Crippen LogP contribution in [0.4, 0.5) is 4.79 Å². The Morgan fingerprint density at radius 1 is 1.18 bits per heavy atom. The molecule has 2 N–H and O–H groups in total. The fourth-order valence-electron chi connectivity index (χ4n) is 4.33. The molecular formula is C22H31N3O3. The molecule has 0 aromatic heterocycles. The second-order valence-electron chi connectivity index (χ2n) is 8.04. The lowest BCUT2D eigenvalue weighted by atomic mass is 9.97. The van der Waals surface area contributed by atoms with Crippen LogP contribution in [0.5, 0.6) is 0 Å². The van der Waals surface area contributed by atoms with Gasteiger partial charge in [0, 0.05) is 0 Å². The molecule has 1 saturated heterocycles. The predicted molar refractivity (Wildman–Crippen MR) is 108 cm³/mol. The Morgan fingerprint density at radius 3 is 2.50 bits per heavy atom. The number of carbonyl (C=O) groups excluding carboxylic acids is 3. The topological polar surface area (TPSA) is 78.5 Å². The Bertz CT molecular complexity index is 713. The molecule has 2 fully saturated rings. The zero-order valence-electron chi connectivity index (χ0n) is 16.9. The maximum absolute atomic E-state index is 13.0. The van der Waals surface area contributed by atoms with Gasteiger partial charge < -0.3 is 10.6 Å². The van der Waals surface area contributed by atoms with Crippen LogP contribution in [0.2, 0.25) is 0 Å². The van der Waals surface area contributed by atoms with Gasteiger partial charge in [0.25, 0.3) is 5.91 Å². The third kappa shape index (κ3) is 4.05. The van der Waals surface area contributed by atoms with Gasteiger partial charge in [-0.3, -0.25) is 9.59 Å². The van der Waals surface area contributed by atoms with Gasteiger partial charge in [0.1, 0.15) is 11.6 Å². The summed E-state index contributed by atoms with van der Waals surface area (Å²) in [7, 11) is 0. The summed E-state index contributed by atoms with van der Waals surface area (Å²) < 4.78 is 0. The molecule has 4 amide bonds. The maximum Gasteiger partial charge on any atom is 0.325 e. The van der Waals surface area contributed by atoms with E-state index in [0.29, 0.717) is 12.8 Å². The second kappa shape index (κ2) is 8.76. The second-order valence-corrected chi connectivity index (χ2v) is 8.04. The van der Waals surface area contributed by atoms with Crippen molar-refractivity contribution in [3.8, 4) is 0 Å². The van der Waals surface area contributed by atoms with Crippen molar-refractivity contribution in [2.75, 3.05) is 0 Å². The van der Waals surface area contributed by atoms with E-state index < -0.39 is 17.6 Å². The number of rotatable bonds is 8. The van der Waals surface area contributed by atoms with Gasteiger partial charge in [0.15, 0.2) is 0 Å². The molecule has 1 aliphatic carbocycles. The van der Waals surface area contributed by atoms with Crippen molar-refractivity contribution >= 4 is 17.8 Å². The highest BCUT2D eigenvalue weighted by Crippen LogP contribution is 2.35. The summed E-state index contributed by atoms with van der Waals surface area (Å²) in [5.74, 6) is -0.538. The van der Waals surface area contributed by atoms with E-state index in [4.69, 9.17) is 0 Å². The average molecular weight is 386 g/mol. The van der Waals surface area contributed by atoms with Crippen LogP contribution in [0.1, 0.15) is 76.8 Å². The van der Waals surface area contributed by atoms with E-state index in [9.17, 15) is 14.4 Å². The Kier molecular flexibility index (Phi) is 6.37. The minimum atomic E-state index is -0.829. The van der Waals surface area contributed by atoms with Gasteiger partial charge in [-0.15, -0.1) is 0 Å². The lowest BCUT2D eigenvalue weighted by Gasteiger charge is -2.26. The van der Waals surface area contributed by atoms with Gasteiger partial charge in [0.05, 0.1) is 6.04 Å². The monoisotopic (exact) mass is 385 g/mol. The summed E-state index contributed by atoms with van der Waals surface area (Å²) in [5, 5.41) is 5.93. The number of carbonyl (C=O) groups is 3. The standard InChI is InChI=1S/C22H31N3O3/c1-3-4-6-13-18(17-11-7-5-8-12-17)23-19(26)16(2)25-20(27)22(24-21(25)28)14-9-10-15-22/h5,7-8,11-12,16,18H,3-4,6,9-10,13-15H2,1-2H3,(H,23,26)(H,24,28). The summed E-state index contributed by atoms with van der Waals surface area (Å²) >= 11 is 0. The Morgan fingerprint density at radius 2 is 1.86 bits per heavy atom.